The van der Waals surface area contributed by atoms with Crippen molar-refractivity contribution in [1.29, 1.82) is 0 Å². The SMILES string of the molecule is CCc1occc1C(Cc1ccc(C(C)(C)C)cc1)NN. The van der Waals surface area contributed by atoms with E-state index in [4.69, 9.17) is 10.3 Å². The average molecular weight is 286 g/mol. The molecule has 1 atom stereocenters. The molecule has 2 rings (SSSR count). The highest BCUT2D eigenvalue weighted by atomic mass is 16.3. The summed E-state index contributed by atoms with van der Waals surface area (Å²) in [6.07, 6.45) is 3.47. The van der Waals surface area contributed by atoms with E-state index in [1.807, 2.05) is 6.07 Å². The molecule has 2 aromatic rings. The normalized spacial score (nSPS) is 13.4. The summed E-state index contributed by atoms with van der Waals surface area (Å²) in [4.78, 5) is 0. The van der Waals surface area contributed by atoms with Gasteiger partial charge in [-0.3, -0.25) is 11.3 Å². The minimum atomic E-state index is 0.0826. The van der Waals surface area contributed by atoms with E-state index in [9.17, 15) is 0 Å². The summed E-state index contributed by atoms with van der Waals surface area (Å²) in [6, 6.07) is 10.9. The molecule has 0 aliphatic heterocycles. The van der Waals surface area contributed by atoms with Crippen LogP contribution in [0.1, 0.15) is 56.2 Å². The van der Waals surface area contributed by atoms with Crippen molar-refractivity contribution in [3.8, 4) is 0 Å². The van der Waals surface area contributed by atoms with Gasteiger partial charge in [-0.2, -0.15) is 0 Å². The summed E-state index contributed by atoms with van der Waals surface area (Å²) in [7, 11) is 0. The van der Waals surface area contributed by atoms with Gasteiger partial charge in [0.2, 0.25) is 0 Å². The Morgan fingerprint density at radius 2 is 1.81 bits per heavy atom. The number of rotatable bonds is 5. The topological polar surface area (TPSA) is 51.2 Å². The van der Waals surface area contributed by atoms with E-state index in [1.54, 1.807) is 6.26 Å². The van der Waals surface area contributed by atoms with Crippen molar-refractivity contribution in [3.63, 3.8) is 0 Å². The molecule has 1 heterocycles. The molecule has 1 unspecified atom stereocenters. The Labute approximate surface area is 127 Å². The van der Waals surface area contributed by atoms with Crippen LogP contribution in [-0.4, -0.2) is 0 Å². The van der Waals surface area contributed by atoms with Gasteiger partial charge in [0.25, 0.3) is 0 Å². The Morgan fingerprint density at radius 3 is 2.33 bits per heavy atom. The number of hydrazine groups is 1. The molecule has 3 nitrogen and oxygen atoms in total. The van der Waals surface area contributed by atoms with E-state index in [-0.39, 0.29) is 11.5 Å². The Hall–Kier alpha value is -1.58. The predicted octanol–water partition coefficient (Wildman–Crippen LogP) is 3.89. The van der Waals surface area contributed by atoms with Gasteiger partial charge in [-0.15, -0.1) is 0 Å². The quantitative estimate of drug-likeness (QED) is 0.647. The van der Waals surface area contributed by atoms with Crippen molar-refractivity contribution in [2.24, 2.45) is 5.84 Å². The standard InChI is InChI=1S/C18H26N2O/c1-5-17-15(10-11-21-17)16(20-19)12-13-6-8-14(9-7-13)18(2,3)4/h6-11,16,20H,5,12,19H2,1-4H3. The molecule has 21 heavy (non-hydrogen) atoms. The maximum atomic E-state index is 5.74. The summed E-state index contributed by atoms with van der Waals surface area (Å²) in [6.45, 7) is 8.77. The van der Waals surface area contributed by atoms with Crippen molar-refractivity contribution in [1.82, 2.24) is 5.43 Å². The lowest BCUT2D eigenvalue weighted by Crippen LogP contribution is -2.30. The average Bonchev–Trinajstić information content (AvgIpc) is 2.92. The number of hydrogen-bond donors (Lipinski definition) is 2. The summed E-state index contributed by atoms with van der Waals surface area (Å²) in [5.41, 5.74) is 6.87. The summed E-state index contributed by atoms with van der Waals surface area (Å²) < 4.78 is 5.50. The van der Waals surface area contributed by atoms with E-state index < -0.39 is 0 Å². The van der Waals surface area contributed by atoms with Crippen LogP contribution in [0.4, 0.5) is 0 Å². The minimum Gasteiger partial charge on any atom is -0.469 e. The molecule has 3 heteroatoms. The molecule has 1 aromatic heterocycles. The first-order valence-corrected chi connectivity index (χ1v) is 7.57. The number of nitrogens with two attached hydrogens (primary N) is 1. The Balaban J connectivity index is 2.16. The van der Waals surface area contributed by atoms with Crippen molar-refractivity contribution in [2.45, 2.75) is 52.0 Å². The van der Waals surface area contributed by atoms with Gasteiger partial charge in [-0.05, 0) is 29.0 Å². The molecule has 0 spiro atoms. The molecule has 0 saturated heterocycles. The molecule has 0 bridgehead atoms. The lowest BCUT2D eigenvalue weighted by atomic mass is 9.86. The molecule has 3 N–H and O–H groups in total. The Bertz CT molecular complexity index is 564. The van der Waals surface area contributed by atoms with Gasteiger partial charge in [0.05, 0.1) is 12.3 Å². The van der Waals surface area contributed by atoms with Crippen LogP contribution in [0.3, 0.4) is 0 Å². The van der Waals surface area contributed by atoms with E-state index in [1.165, 1.54) is 11.1 Å². The largest absolute Gasteiger partial charge is 0.469 e. The van der Waals surface area contributed by atoms with Gasteiger partial charge >= 0.3 is 0 Å². The molecule has 114 valence electrons. The highest BCUT2D eigenvalue weighted by Crippen LogP contribution is 2.26. The van der Waals surface area contributed by atoms with Crippen LogP contribution >= 0.6 is 0 Å². The number of hydrogen-bond acceptors (Lipinski definition) is 3. The third-order valence-corrected chi connectivity index (χ3v) is 3.94. The third kappa shape index (κ3) is 3.74. The van der Waals surface area contributed by atoms with E-state index >= 15 is 0 Å². The molecule has 0 fully saturated rings. The Morgan fingerprint density at radius 1 is 1.14 bits per heavy atom. The Kier molecular flexibility index (Phi) is 4.86. The second-order valence-electron chi connectivity index (χ2n) is 6.52. The fourth-order valence-electron chi connectivity index (χ4n) is 2.58. The van der Waals surface area contributed by atoms with Crippen LogP contribution in [0.25, 0.3) is 0 Å². The van der Waals surface area contributed by atoms with Crippen LogP contribution in [0.5, 0.6) is 0 Å². The number of nitrogens with one attached hydrogen (secondary N) is 1. The summed E-state index contributed by atoms with van der Waals surface area (Å²) >= 11 is 0. The molecule has 0 amide bonds. The fraction of sp³-hybridized carbons (Fsp3) is 0.444. The molecular weight excluding hydrogens is 260 g/mol. The maximum absolute atomic E-state index is 5.74. The third-order valence-electron chi connectivity index (χ3n) is 3.94. The van der Waals surface area contributed by atoms with E-state index in [0.29, 0.717) is 0 Å². The van der Waals surface area contributed by atoms with Crippen LogP contribution in [0, 0.1) is 0 Å². The highest BCUT2D eigenvalue weighted by molar-refractivity contribution is 5.30. The van der Waals surface area contributed by atoms with Crippen LogP contribution in [0.2, 0.25) is 0 Å². The lowest BCUT2D eigenvalue weighted by Gasteiger charge is -2.20. The van der Waals surface area contributed by atoms with Gasteiger partial charge in [0.15, 0.2) is 0 Å². The first-order chi connectivity index (χ1) is 9.95. The highest BCUT2D eigenvalue weighted by Gasteiger charge is 2.17. The zero-order chi connectivity index (χ0) is 15.5. The van der Waals surface area contributed by atoms with Crippen LogP contribution < -0.4 is 11.3 Å². The second kappa shape index (κ2) is 6.46. The summed E-state index contributed by atoms with van der Waals surface area (Å²) in [5, 5.41) is 0. The van der Waals surface area contributed by atoms with Crippen molar-refractivity contribution >= 4 is 0 Å². The summed E-state index contributed by atoms with van der Waals surface area (Å²) in [5.74, 6) is 6.75. The number of aryl methyl sites for hydroxylation is 1. The smallest absolute Gasteiger partial charge is 0.108 e. The van der Waals surface area contributed by atoms with E-state index in [2.05, 4.69) is 57.4 Å². The first-order valence-electron chi connectivity index (χ1n) is 7.57. The lowest BCUT2D eigenvalue weighted by molar-refractivity contribution is 0.487. The van der Waals surface area contributed by atoms with E-state index in [0.717, 1.165) is 24.2 Å². The maximum Gasteiger partial charge on any atom is 0.108 e. The van der Waals surface area contributed by atoms with Crippen LogP contribution in [-0.2, 0) is 18.3 Å². The van der Waals surface area contributed by atoms with Gasteiger partial charge in [0.1, 0.15) is 5.76 Å². The zero-order valence-corrected chi connectivity index (χ0v) is 13.4. The van der Waals surface area contributed by atoms with Crippen LogP contribution in [0.15, 0.2) is 41.0 Å². The molecule has 0 aliphatic rings. The number of benzene rings is 1. The minimum absolute atomic E-state index is 0.0826. The molecule has 0 aliphatic carbocycles. The van der Waals surface area contributed by atoms with Gasteiger partial charge in [-0.1, -0.05) is 52.0 Å². The van der Waals surface area contributed by atoms with Gasteiger partial charge in [0, 0.05) is 12.0 Å². The fourth-order valence-corrected chi connectivity index (χ4v) is 2.58. The van der Waals surface area contributed by atoms with Crippen molar-refractivity contribution in [2.75, 3.05) is 0 Å². The van der Waals surface area contributed by atoms with Gasteiger partial charge < -0.3 is 4.42 Å². The van der Waals surface area contributed by atoms with Crippen molar-refractivity contribution in [3.05, 3.63) is 59.0 Å². The molecular formula is C18H26N2O. The second-order valence-corrected chi connectivity index (χ2v) is 6.52. The monoisotopic (exact) mass is 286 g/mol. The molecule has 1 aromatic carbocycles. The van der Waals surface area contributed by atoms with Gasteiger partial charge in [-0.25, -0.2) is 0 Å². The number of furan rings is 1. The zero-order valence-electron chi connectivity index (χ0n) is 13.4. The first kappa shape index (κ1) is 15.8. The molecule has 0 saturated carbocycles. The predicted molar refractivity (Wildman–Crippen MR) is 87.0 cm³/mol. The van der Waals surface area contributed by atoms with Crippen molar-refractivity contribution < 1.29 is 4.42 Å². The molecule has 0 radical (unpaired) electrons.